The molecule has 5 nitrogen and oxygen atoms in total. The van der Waals surface area contributed by atoms with Crippen molar-refractivity contribution in [1.82, 2.24) is 4.90 Å². The van der Waals surface area contributed by atoms with E-state index in [-0.39, 0.29) is 11.5 Å². The average Bonchev–Trinajstić information content (AvgIpc) is 3.27. The molecule has 4 aromatic rings. The SMILES string of the molecule is Cc1cccc(C(=O)N2CCc3oc(-c4cccc(NC(=O)c5ccccc5F)c4)cc3C2)c1. The number of hydrogen-bond acceptors (Lipinski definition) is 3. The lowest BCUT2D eigenvalue weighted by Gasteiger charge is -2.26. The summed E-state index contributed by atoms with van der Waals surface area (Å²) in [4.78, 5) is 27.3. The standard InChI is InChI=1S/C28H23FN2O3/c1-18-6-4-8-20(14-18)28(33)31-13-12-25-21(17-31)16-26(34-25)19-7-5-9-22(15-19)30-27(32)23-10-2-3-11-24(23)29/h2-11,14-16H,12-13,17H2,1H3,(H,30,32). The Morgan fingerprint density at radius 1 is 0.971 bits per heavy atom. The van der Waals surface area contributed by atoms with Crippen molar-refractivity contribution in [3.8, 4) is 11.3 Å². The predicted octanol–water partition coefficient (Wildman–Crippen LogP) is 5.84. The Morgan fingerprint density at radius 2 is 1.79 bits per heavy atom. The van der Waals surface area contributed by atoms with Gasteiger partial charge in [-0.1, -0.05) is 42.0 Å². The molecule has 0 atom stereocenters. The fraction of sp³-hybridized carbons (Fsp3) is 0.143. The number of hydrogen-bond donors (Lipinski definition) is 1. The highest BCUT2D eigenvalue weighted by Gasteiger charge is 2.25. The number of benzene rings is 3. The monoisotopic (exact) mass is 454 g/mol. The van der Waals surface area contributed by atoms with Crippen molar-refractivity contribution in [3.05, 3.63) is 113 Å². The fourth-order valence-electron chi connectivity index (χ4n) is 4.20. The van der Waals surface area contributed by atoms with E-state index in [1.165, 1.54) is 12.1 Å². The minimum absolute atomic E-state index is 0.00922. The first-order valence-corrected chi connectivity index (χ1v) is 11.1. The molecular formula is C28H23FN2O3. The molecule has 34 heavy (non-hydrogen) atoms. The Kier molecular flexibility index (Phi) is 5.72. The Hall–Kier alpha value is -4.19. The Balaban J connectivity index is 1.33. The van der Waals surface area contributed by atoms with Gasteiger partial charge in [-0.15, -0.1) is 0 Å². The van der Waals surface area contributed by atoms with E-state index >= 15 is 0 Å². The van der Waals surface area contributed by atoms with E-state index in [2.05, 4.69) is 5.32 Å². The lowest BCUT2D eigenvalue weighted by molar-refractivity contribution is 0.0729. The molecule has 0 radical (unpaired) electrons. The average molecular weight is 455 g/mol. The summed E-state index contributed by atoms with van der Waals surface area (Å²) in [7, 11) is 0. The Morgan fingerprint density at radius 3 is 2.62 bits per heavy atom. The van der Waals surface area contributed by atoms with E-state index in [4.69, 9.17) is 4.42 Å². The molecule has 0 fully saturated rings. The number of halogens is 1. The van der Waals surface area contributed by atoms with Gasteiger partial charge in [-0.3, -0.25) is 9.59 Å². The molecule has 0 saturated carbocycles. The number of fused-ring (bicyclic) bond motifs is 1. The van der Waals surface area contributed by atoms with Gasteiger partial charge in [0.1, 0.15) is 17.3 Å². The number of rotatable bonds is 4. The molecule has 0 saturated heterocycles. The first-order valence-electron chi connectivity index (χ1n) is 11.1. The number of anilines is 1. The highest BCUT2D eigenvalue weighted by Crippen LogP contribution is 2.31. The van der Waals surface area contributed by atoms with Crippen LogP contribution in [-0.4, -0.2) is 23.3 Å². The van der Waals surface area contributed by atoms with Gasteiger partial charge in [0.05, 0.1) is 5.56 Å². The topological polar surface area (TPSA) is 62.6 Å². The molecule has 3 aromatic carbocycles. The first-order chi connectivity index (χ1) is 16.5. The van der Waals surface area contributed by atoms with Crippen LogP contribution < -0.4 is 5.32 Å². The molecule has 5 rings (SSSR count). The van der Waals surface area contributed by atoms with Crippen LogP contribution in [-0.2, 0) is 13.0 Å². The van der Waals surface area contributed by atoms with E-state index in [1.807, 2.05) is 48.2 Å². The maximum Gasteiger partial charge on any atom is 0.258 e. The lowest BCUT2D eigenvalue weighted by atomic mass is 10.1. The van der Waals surface area contributed by atoms with Crippen molar-refractivity contribution < 1.29 is 18.4 Å². The largest absolute Gasteiger partial charge is 0.461 e. The summed E-state index contributed by atoms with van der Waals surface area (Å²) in [5, 5.41) is 2.74. The third-order valence-corrected chi connectivity index (χ3v) is 5.94. The molecule has 170 valence electrons. The highest BCUT2D eigenvalue weighted by atomic mass is 19.1. The molecule has 2 heterocycles. The fourth-order valence-corrected chi connectivity index (χ4v) is 4.20. The van der Waals surface area contributed by atoms with Crippen LogP contribution in [0.5, 0.6) is 0 Å². The summed E-state index contributed by atoms with van der Waals surface area (Å²) < 4.78 is 20.0. The predicted molar refractivity (Wildman–Crippen MR) is 128 cm³/mol. The van der Waals surface area contributed by atoms with Crippen LogP contribution in [0.1, 0.15) is 37.6 Å². The van der Waals surface area contributed by atoms with Crippen molar-refractivity contribution in [2.45, 2.75) is 19.9 Å². The summed E-state index contributed by atoms with van der Waals surface area (Å²) >= 11 is 0. The first kappa shape index (κ1) is 21.6. The number of amides is 2. The van der Waals surface area contributed by atoms with E-state index in [9.17, 15) is 14.0 Å². The maximum absolute atomic E-state index is 13.9. The van der Waals surface area contributed by atoms with Crippen LogP contribution in [0.2, 0.25) is 0 Å². The molecule has 0 bridgehead atoms. The van der Waals surface area contributed by atoms with Crippen LogP contribution in [0.25, 0.3) is 11.3 Å². The summed E-state index contributed by atoms with van der Waals surface area (Å²) in [5.74, 6) is 0.454. The minimum Gasteiger partial charge on any atom is -0.461 e. The number of carbonyl (C=O) groups is 2. The summed E-state index contributed by atoms with van der Waals surface area (Å²) in [6, 6.07) is 22.6. The summed E-state index contributed by atoms with van der Waals surface area (Å²) in [6.45, 7) is 3.04. The van der Waals surface area contributed by atoms with E-state index in [0.29, 0.717) is 36.5 Å². The van der Waals surface area contributed by atoms with Gasteiger partial charge < -0.3 is 14.6 Å². The zero-order valence-corrected chi connectivity index (χ0v) is 18.7. The van der Waals surface area contributed by atoms with Gasteiger partial charge >= 0.3 is 0 Å². The number of nitrogens with zero attached hydrogens (tertiary/aromatic N) is 1. The molecule has 0 spiro atoms. The Labute approximate surface area is 196 Å². The van der Waals surface area contributed by atoms with Crippen LogP contribution in [0.3, 0.4) is 0 Å². The van der Waals surface area contributed by atoms with Crippen molar-refractivity contribution in [1.29, 1.82) is 0 Å². The summed E-state index contributed by atoms with van der Waals surface area (Å²) in [5.41, 5.74) is 4.03. The van der Waals surface area contributed by atoms with Crippen molar-refractivity contribution in [2.75, 3.05) is 11.9 Å². The molecular weight excluding hydrogens is 431 g/mol. The number of carbonyl (C=O) groups excluding carboxylic acids is 2. The highest BCUT2D eigenvalue weighted by molar-refractivity contribution is 6.04. The normalized spacial score (nSPS) is 12.8. The van der Waals surface area contributed by atoms with Crippen molar-refractivity contribution in [3.63, 3.8) is 0 Å². The van der Waals surface area contributed by atoms with E-state index in [0.717, 1.165) is 22.5 Å². The molecule has 6 heteroatoms. The van der Waals surface area contributed by atoms with Gasteiger partial charge in [-0.05, 0) is 49.4 Å². The third kappa shape index (κ3) is 4.35. The number of aryl methyl sites for hydroxylation is 1. The molecule has 1 aromatic heterocycles. The molecule has 0 unspecified atom stereocenters. The van der Waals surface area contributed by atoms with Gasteiger partial charge in [0.25, 0.3) is 11.8 Å². The smallest absolute Gasteiger partial charge is 0.258 e. The second-order valence-corrected chi connectivity index (χ2v) is 8.42. The second kappa shape index (κ2) is 8.98. The van der Waals surface area contributed by atoms with Crippen LogP contribution in [0.4, 0.5) is 10.1 Å². The van der Waals surface area contributed by atoms with E-state index < -0.39 is 11.7 Å². The lowest BCUT2D eigenvalue weighted by Crippen LogP contribution is -2.35. The van der Waals surface area contributed by atoms with Crippen LogP contribution in [0, 0.1) is 12.7 Å². The molecule has 0 aliphatic carbocycles. The molecule has 1 aliphatic heterocycles. The van der Waals surface area contributed by atoms with Crippen LogP contribution >= 0.6 is 0 Å². The molecule has 2 amide bonds. The number of furan rings is 1. The zero-order chi connectivity index (χ0) is 23.7. The van der Waals surface area contributed by atoms with Gasteiger partial charge in [0.15, 0.2) is 0 Å². The minimum atomic E-state index is -0.570. The third-order valence-electron chi connectivity index (χ3n) is 5.94. The van der Waals surface area contributed by atoms with Crippen molar-refractivity contribution >= 4 is 17.5 Å². The summed E-state index contributed by atoms with van der Waals surface area (Å²) in [6.07, 6.45) is 0.636. The second-order valence-electron chi connectivity index (χ2n) is 8.42. The zero-order valence-electron chi connectivity index (χ0n) is 18.7. The Bertz CT molecular complexity index is 1390. The maximum atomic E-state index is 13.9. The molecule has 1 N–H and O–H groups in total. The molecule has 1 aliphatic rings. The van der Waals surface area contributed by atoms with Gasteiger partial charge in [0, 0.05) is 41.9 Å². The van der Waals surface area contributed by atoms with Crippen LogP contribution in [0.15, 0.2) is 83.3 Å². The van der Waals surface area contributed by atoms with E-state index in [1.54, 1.807) is 30.3 Å². The van der Waals surface area contributed by atoms with Gasteiger partial charge in [0.2, 0.25) is 0 Å². The van der Waals surface area contributed by atoms with Crippen molar-refractivity contribution in [2.24, 2.45) is 0 Å². The van der Waals surface area contributed by atoms with Gasteiger partial charge in [-0.25, -0.2) is 4.39 Å². The quantitative estimate of drug-likeness (QED) is 0.421. The number of nitrogens with one attached hydrogen (secondary N) is 1. The van der Waals surface area contributed by atoms with Gasteiger partial charge in [-0.2, -0.15) is 0 Å².